The Kier molecular flexibility index (Phi) is 5.60. The van der Waals surface area contributed by atoms with Crippen molar-refractivity contribution in [2.45, 2.75) is 26.3 Å². The van der Waals surface area contributed by atoms with Crippen LogP contribution in [0.3, 0.4) is 0 Å². The van der Waals surface area contributed by atoms with Gasteiger partial charge in [-0.25, -0.2) is 4.79 Å². The molecule has 5 nitrogen and oxygen atoms in total. The van der Waals surface area contributed by atoms with Crippen molar-refractivity contribution >= 4 is 23.8 Å². The lowest BCUT2D eigenvalue weighted by Gasteiger charge is -2.17. The number of nitrogens with one attached hydrogen (secondary N) is 1. The number of benzene rings is 2. The Morgan fingerprint density at radius 2 is 2.00 bits per heavy atom. The summed E-state index contributed by atoms with van der Waals surface area (Å²) < 4.78 is 4.82. The molecule has 1 atom stereocenters. The number of nitrogens with zero attached hydrogens (tertiary/aromatic N) is 1. The van der Waals surface area contributed by atoms with Crippen molar-refractivity contribution < 1.29 is 14.3 Å². The molecule has 0 saturated carbocycles. The maximum absolute atomic E-state index is 12.3. The molecule has 2 amide bonds. The Morgan fingerprint density at radius 3 is 2.74 bits per heavy atom. The number of hydrogen-bond donors (Lipinski definition) is 1. The Balaban J connectivity index is 1.66. The lowest BCUT2D eigenvalue weighted by molar-refractivity contribution is -0.117. The van der Waals surface area contributed by atoms with E-state index in [2.05, 4.69) is 5.32 Å². The van der Waals surface area contributed by atoms with Crippen LogP contribution in [0.15, 0.2) is 48.5 Å². The largest absolute Gasteiger partial charge is 0.452 e. The summed E-state index contributed by atoms with van der Waals surface area (Å²) in [4.78, 5) is 25.7. The highest BCUT2D eigenvalue weighted by atomic mass is 16.5. The number of ether oxygens (including phenoxy) is 1. The third-order valence-corrected chi connectivity index (χ3v) is 4.86. The molecule has 0 bridgehead atoms. The highest BCUT2D eigenvalue weighted by Crippen LogP contribution is 2.31. The van der Waals surface area contributed by atoms with Gasteiger partial charge >= 0.3 is 6.09 Å². The number of hydrogen-bond acceptors (Lipinski definition) is 3. The Labute approximate surface area is 159 Å². The van der Waals surface area contributed by atoms with Gasteiger partial charge in [0.1, 0.15) is 0 Å². The van der Waals surface area contributed by atoms with Crippen LogP contribution in [-0.4, -0.2) is 25.7 Å². The van der Waals surface area contributed by atoms with Crippen LogP contribution in [0.5, 0.6) is 0 Å². The summed E-state index contributed by atoms with van der Waals surface area (Å²) in [6.45, 7) is 4.59. The number of methoxy groups -OCH3 is 1. The molecule has 2 aromatic carbocycles. The first-order valence-corrected chi connectivity index (χ1v) is 9.02. The third-order valence-electron chi connectivity index (χ3n) is 4.86. The van der Waals surface area contributed by atoms with Crippen LogP contribution < -0.4 is 10.2 Å². The molecule has 1 aliphatic heterocycles. The van der Waals surface area contributed by atoms with Crippen LogP contribution in [0.25, 0.3) is 6.08 Å². The number of aryl methyl sites for hydroxylation is 1. The minimum Gasteiger partial charge on any atom is -0.452 e. The Morgan fingerprint density at radius 1 is 1.22 bits per heavy atom. The predicted octanol–water partition coefficient (Wildman–Crippen LogP) is 4.01. The van der Waals surface area contributed by atoms with Crippen LogP contribution in [0.2, 0.25) is 0 Å². The van der Waals surface area contributed by atoms with Crippen molar-refractivity contribution in [1.82, 2.24) is 5.32 Å². The van der Waals surface area contributed by atoms with Crippen LogP contribution in [-0.2, 0) is 16.0 Å². The van der Waals surface area contributed by atoms with E-state index in [1.807, 2.05) is 62.4 Å². The molecule has 3 rings (SSSR count). The number of fused-ring (bicyclic) bond motifs is 1. The van der Waals surface area contributed by atoms with Crippen LogP contribution >= 0.6 is 0 Å². The minimum absolute atomic E-state index is 0.128. The average Bonchev–Trinajstić information content (AvgIpc) is 3.10. The molecule has 5 heteroatoms. The van der Waals surface area contributed by atoms with Crippen LogP contribution in [0, 0.1) is 6.92 Å². The lowest BCUT2D eigenvalue weighted by atomic mass is 10.0. The molecule has 2 aromatic rings. The van der Waals surface area contributed by atoms with Gasteiger partial charge in [-0.2, -0.15) is 0 Å². The fourth-order valence-electron chi connectivity index (χ4n) is 3.27. The molecule has 1 unspecified atom stereocenters. The fraction of sp³-hybridized carbons (Fsp3) is 0.273. The van der Waals surface area contributed by atoms with Gasteiger partial charge in [-0.3, -0.25) is 9.69 Å². The van der Waals surface area contributed by atoms with E-state index >= 15 is 0 Å². The van der Waals surface area contributed by atoms with E-state index in [4.69, 9.17) is 4.74 Å². The summed E-state index contributed by atoms with van der Waals surface area (Å²) in [6, 6.07) is 13.7. The molecule has 0 fully saturated rings. The first-order valence-electron chi connectivity index (χ1n) is 9.02. The molecular weight excluding hydrogens is 340 g/mol. The van der Waals surface area contributed by atoms with E-state index in [0.29, 0.717) is 6.54 Å². The van der Waals surface area contributed by atoms with Gasteiger partial charge in [0.25, 0.3) is 0 Å². The summed E-state index contributed by atoms with van der Waals surface area (Å²) in [5.74, 6) is -0.137. The van der Waals surface area contributed by atoms with Gasteiger partial charge in [0.15, 0.2) is 0 Å². The van der Waals surface area contributed by atoms with Gasteiger partial charge in [-0.15, -0.1) is 0 Å². The quantitative estimate of drug-likeness (QED) is 0.834. The molecule has 1 N–H and O–H groups in total. The van der Waals surface area contributed by atoms with Crippen molar-refractivity contribution in [3.63, 3.8) is 0 Å². The van der Waals surface area contributed by atoms with Crippen molar-refractivity contribution in [2.75, 3.05) is 18.6 Å². The summed E-state index contributed by atoms with van der Waals surface area (Å²) in [5, 5.41) is 2.99. The summed E-state index contributed by atoms with van der Waals surface area (Å²) in [7, 11) is 1.39. The van der Waals surface area contributed by atoms with Gasteiger partial charge in [-0.05, 0) is 54.7 Å². The highest BCUT2D eigenvalue weighted by Gasteiger charge is 2.25. The number of carbonyl (C=O) groups is 2. The topological polar surface area (TPSA) is 58.6 Å². The van der Waals surface area contributed by atoms with Crippen LogP contribution in [0.4, 0.5) is 10.5 Å². The van der Waals surface area contributed by atoms with Gasteiger partial charge < -0.3 is 10.1 Å². The van der Waals surface area contributed by atoms with E-state index < -0.39 is 0 Å². The molecule has 140 valence electrons. The molecule has 27 heavy (non-hydrogen) atoms. The third kappa shape index (κ3) is 4.19. The average molecular weight is 364 g/mol. The molecule has 1 heterocycles. The van der Waals surface area contributed by atoms with E-state index in [9.17, 15) is 9.59 Å². The molecule has 0 saturated heterocycles. The zero-order valence-corrected chi connectivity index (χ0v) is 15.9. The predicted molar refractivity (Wildman–Crippen MR) is 107 cm³/mol. The van der Waals surface area contributed by atoms with Crippen molar-refractivity contribution in [3.8, 4) is 0 Å². The van der Waals surface area contributed by atoms with E-state index in [-0.39, 0.29) is 18.0 Å². The van der Waals surface area contributed by atoms with Gasteiger partial charge in [-0.1, -0.05) is 36.4 Å². The van der Waals surface area contributed by atoms with Crippen molar-refractivity contribution in [1.29, 1.82) is 0 Å². The monoisotopic (exact) mass is 364 g/mol. The summed E-state index contributed by atoms with van der Waals surface area (Å²) in [5.41, 5.74) is 5.14. The second-order valence-electron chi connectivity index (χ2n) is 6.68. The van der Waals surface area contributed by atoms with E-state index in [0.717, 1.165) is 34.4 Å². The summed E-state index contributed by atoms with van der Waals surface area (Å²) >= 11 is 0. The zero-order chi connectivity index (χ0) is 19.4. The van der Waals surface area contributed by atoms with Gasteiger partial charge in [0.2, 0.25) is 5.91 Å². The molecule has 0 spiro atoms. The standard InChI is InChI=1S/C22H24N2O3/c1-15-6-4-5-7-17(15)9-11-21(25)23-16(2)18-8-10-20-19(14-18)12-13-24(20)22(26)27-3/h4-11,14,16H,12-13H2,1-3H3,(H,23,25). The molecule has 0 aliphatic carbocycles. The first kappa shape index (κ1) is 18.7. The highest BCUT2D eigenvalue weighted by molar-refractivity contribution is 5.92. The summed E-state index contributed by atoms with van der Waals surface area (Å²) in [6.07, 6.45) is 3.83. The fourth-order valence-corrected chi connectivity index (χ4v) is 3.27. The maximum atomic E-state index is 12.3. The second-order valence-corrected chi connectivity index (χ2v) is 6.68. The number of anilines is 1. The number of rotatable bonds is 4. The molecule has 0 radical (unpaired) electrons. The number of amides is 2. The van der Waals surface area contributed by atoms with E-state index in [1.54, 1.807) is 11.0 Å². The molecular formula is C22H24N2O3. The van der Waals surface area contributed by atoms with E-state index in [1.165, 1.54) is 7.11 Å². The normalized spacial score (nSPS) is 14.1. The Hall–Kier alpha value is -3.08. The molecule has 1 aliphatic rings. The molecule has 0 aromatic heterocycles. The zero-order valence-electron chi connectivity index (χ0n) is 15.9. The lowest BCUT2D eigenvalue weighted by Crippen LogP contribution is -2.28. The van der Waals surface area contributed by atoms with Crippen LogP contribution in [0.1, 0.15) is 35.2 Å². The second kappa shape index (κ2) is 8.08. The number of carbonyl (C=O) groups excluding carboxylic acids is 2. The van der Waals surface area contributed by atoms with Crippen molar-refractivity contribution in [2.24, 2.45) is 0 Å². The minimum atomic E-state index is -0.343. The first-order chi connectivity index (χ1) is 13.0. The SMILES string of the molecule is COC(=O)N1CCc2cc(C(C)NC(=O)C=Cc3ccccc3C)ccc21. The van der Waals surface area contributed by atoms with Crippen molar-refractivity contribution in [3.05, 3.63) is 70.8 Å². The smallest absolute Gasteiger partial charge is 0.414 e. The van der Waals surface area contributed by atoms with Gasteiger partial charge in [0, 0.05) is 12.6 Å². The Bertz CT molecular complexity index is 889. The van der Waals surface area contributed by atoms with Gasteiger partial charge in [0.05, 0.1) is 18.8 Å². The maximum Gasteiger partial charge on any atom is 0.414 e.